The van der Waals surface area contributed by atoms with E-state index in [9.17, 15) is 9.18 Å². The summed E-state index contributed by atoms with van der Waals surface area (Å²) in [5.74, 6) is 0.183. The van der Waals surface area contributed by atoms with Crippen LogP contribution in [-0.2, 0) is 11.3 Å². The highest BCUT2D eigenvalue weighted by Gasteiger charge is 2.26. The van der Waals surface area contributed by atoms with Gasteiger partial charge in [-0.3, -0.25) is 4.79 Å². The highest BCUT2D eigenvalue weighted by molar-refractivity contribution is 5.79. The number of rotatable bonds is 4. The highest BCUT2D eigenvalue weighted by atomic mass is 19.1. The first-order valence-corrected chi connectivity index (χ1v) is 7.77. The third-order valence-electron chi connectivity index (χ3n) is 4.04. The number of aromatic nitrogens is 2. The van der Waals surface area contributed by atoms with Gasteiger partial charge in [-0.15, -0.1) is 0 Å². The van der Waals surface area contributed by atoms with Crippen LogP contribution in [0.25, 0.3) is 0 Å². The Balaban J connectivity index is 1.58. The number of amides is 1. The standard InChI is InChI=1S/C17H19FN4O/c18-15-7-2-1-5-13(15)11-21-16(23)14-6-3-10-22(12-14)17-19-8-4-9-20-17/h1-2,4-5,7-9,14H,3,6,10-12H2,(H,21,23). The maximum atomic E-state index is 13.6. The van der Waals surface area contributed by atoms with Gasteiger partial charge in [0.25, 0.3) is 0 Å². The second kappa shape index (κ2) is 7.17. The molecular weight excluding hydrogens is 295 g/mol. The Hall–Kier alpha value is -2.50. The molecule has 1 saturated heterocycles. The number of hydrogen-bond donors (Lipinski definition) is 1. The summed E-state index contributed by atoms with van der Waals surface area (Å²) in [6, 6.07) is 8.25. The zero-order chi connectivity index (χ0) is 16.1. The first-order chi connectivity index (χ1) is 11.2. The number of hydrogen-bond acceptors (Lipinski definition) is 4. The summed E-state index contributed by atoms with van der Waals surface area (Å²) < 4.78 is 13.6. The van der Waals surface area contributed by atoms with Gasteiger partial charge in [0.05, 0.1) is 5.92 Å². The topological polar surface area (TPSA) is 58.1 Å². The molecule has 0 spiro atoms. The fourth-order valence-corrected chi connectivity index (χ4v) is 2.80. The van der Waals surface area contributed by atoms with Crippen LogP contribution in [0.1, 0.15) is 18.4 Å². The summed E-state index contributed by atoms with van der Waals surface area (Å²) in [6.07, 6.45) is 5.14. The summed E-state index contributed by atoms with van der Waals surface area (Å²) in [7, 11) is 0. The first-order valence-electron chi connectivity index (χ1n) is 7.77. The third-order valence-corrected chi connectivity index (χ3v) is 4.04. The first kappa shape index (κ1) is 15.4. The van der Waals surface area contributed by atoms with E-state index in [1.165, 1.54) is 6.07 Å². The van der Waals surface area contributed by atoms with E-state index in [4.69, 9.17) is 0 Å². The molecule has 1 aromatic carbocycles. The average molecular weight is 314 g/mol. The Bertz CT molecular complexity index is 665. The van der Waals surface area contributed by atoms with Crippen molar-refractivity contribution in [1.29, 1.82) is 0 Å². The van der Waals surface area contributed by atoms with E-state index in [2.05, 4.69) is 15.3 Å². The van der Waals surface area contributed by atoms with E-state index in [1.807, 2.05) is 4.90 Å². The monoisotopic (exact) mass is 314 g/mol. The number of carbonyl (C=O) groups is 1. The van der Waals surface area contributed by atoms with Gasteiger partial charge < -0.3 is 10.2 Å². The van der Waals surface area contributed by atoms with Crippen molar-refractivity contribution in [2.24, 2.45) is 5.92 Å². The smallest absolute Gasteiger partial charge is 0.225 e. The van der Waals surface area contributed by atoms with Crippen LogP contribution in [0.5, 0.6) is 0 Å². The Morgan fingerprint density at radius 2 is 2.04 bits per heavy atom. The van der Waals surface area contributed by atoms with Crippen LogP contribution < -0.4 is 10.2 Å². The molecule has 1 atom stereocenters. The minimum absolute atomic E-state index is 0.0473. The van der Waals surface area contributed by atoms with E-state index in [0.29, 0.717) is 18.1 Å². The van der Waals surface area contributed by atoms with Crippen molar-refractivity contribution in [2.75, 3.05) is 18.0 Å². The largest absolute Gasteiger partial charge is 0.352 e. The molecule has 1 fully saturated rings. The number of benzene rings is 1. The van der Waals surface area contributed by atoms with Crippen molar-refractivity contribution >= 4 is 11.9 Å². The van der Waals surface area contributed by atoms with Gasteiger partial charge in [0.15, 0.2) is 0 Å². The number of piperidine rings is 1. The molecular formula is C17H19FN4O. The molecule has 1 aliphatic heterocycles. The van der Waals surface area contributed by atoms with Gasteiger partial charge in [-0.05, 0) is 25.0 Å². The molecule has 1 amide bonds. The van der Waals surface area contributed by atoms with Crippen LogP contribution >= 0.6 is 0 Å². The number of halogens is 1. The van der Waals surface area contributed by atoms with Gasteiger partial charge in [-0.25, -0.2) is 14.4 Å². The Morgan fingerprint density at radius 1 is 1.26 bits per heavy atom. The van der Waals surface area contributed by atoms with E-state index in [0.717, 1.165) is 19.4 Å². The van der Waals surface area contributed by atoms with Crippen LogP contribution in [-0.4, -0.2) is 29.0 Å². The Labute approximate surface area is 134 Å². The summed E-state index contributed by atoms with van der Waals surface area (Å²) in [5, 5.41) is 2.84. The van der Waals surface area contributed by atoms with Crippen molar-refractivity contribution in [3.8, 4) is 0 Å². The maximum absolute atomic E-state index is 13.6. The third kappa shape index (κ3) is 3.83. The normalized spacial score (nSPS) is 17.8. The Morgan fingerprint density at radius 3 is 2.83 bits per heavy atom. The molecule has 120 valence electrons. The van der Waals surface area contributed by atoms with Gasteiger partial charge in [0.2, 0.25) is 11.9 Å². The molecule has 1 unspecified atom stereocenters. The number of anilines is 1. The molecule has 0 aliphatic carbocycles. The molecule has 6 heteroatoms. The fraction of sp³-hybridized carbons (Fsp3) is 0.353. The van der Waals surface area contributed by atoms with E-state index in [-0.39, 0.29) is 24.2 Å². The van der Waals surface area contributed by atoms with Crippen molar-refractivity contribution in [1.82, 2.24) is 15.3 Å². The maximum Gasteiger partial charge on any atom is 0.225 e. The predicted octanol–water partition coefficient (Wildman–Crippen LogP) is 2.15. The van der Waals surface area contributed by atoms with Gasteiger partial charge in [0.1, 0.15) is 5.82 Å². The lowest BCUT2D eigenvalue weighted by molar-refractivity contribution is -0.125. The lowest BCUT2D eigenvalue weighted by Gasteiger charge is -2.31. The van der Waals surface area contributed by atoms with Crippen LogP contribution in [0, 0.1) is 11.7 Å². The second-order valence-electron chi connectivity index (χ2n) is 5.64. The molecule has 2 heterocycles. The van der Waals surface area contributed by atoms with Crippen LogP contribution in [0.15, 0.2) is 42.7 Å². The average Bonchev–Trinajstić information content (AvgIpc) is 2.62. The van der Waals surface area contributed by atoms with Crippen LogP contribution in [0.4, 0.5) is 10.3 Å². The minimum Gasteiger partial charge on any atom is -0.352 e. The number of nitrogens with zero attached hydrogens (tertiary/aromatic N) is 3. The SMILES string of the molecule is O=C(NCc1ccccc1F)C1CCCN(c2ncccn2)C1. The summed E-state index contributed by atoms with van der Waals surface area (Å²) in [6.45, 7) is 1.65. The second-order valence-corrected chi connectivity index (χ2v) is 5.64. The lowest BCUT2D eigenvalue weighted by atomic mass is 9.97. The predicted molar refractivity (Wildman–Crippen MR) is 85.2 cm³/mol. The fourth-order valence-electron chi connectivity index (χ4n) is 2.80. The van der Waals surface area contributed by atoms with Crippen molar-refractivity contribution in [2.45, 2.75) is 19.4 Å². The molecule has 0 saturated carbocycles. The molecule has 23 heavy (non-hydrogen) atoms. The van der Waals surface area contributed by atoms with Crippen molar-refractivity contribution < 1.29 is 9.18 Å². The molecule has 1 aromatic heterocycles. The minimum atomic E-state index is -0.296. The van der Waals surface area contributed by atoms with Crippen LogP contribution in [0.2, 0.25) is 0 Å². The number of nitrogens with one attached hydrogen (secondary N) is 1. The molecule has 2 aromatic rings. The molecule has 5 nitrogen and oxygen atoms in total. The molecule has 0 radical (unpaired) electrons. The number of carbonyl (C=O) groups excluding carboxylic acids is 1. The Kier molecular flexibility index (Phi) is 4.80. The van der Waals surface area contributed by atoms with Gasteiger partial charge in [0, 0.05) is 37.6 Å². The van der Waals surface area contributed by atoms with E-state index >= 15 is 0 Å². The highest BCUT2D eigenvalue weighted by Crippen LogP contribution is 2.20. The molecule has 1 N–H and O–H groups in total. The molecule has 3 rings (SSSR count). The summed E-state index contributed by atoms with van der Waals surface area (Å²) in [5.41, 5.74) is 0.500. The lowest BCUT2D eigenvalue weighted by Crippen LogP contribution is -2.43. The van der Waals surface area contributed by atoms with Crippen LogP contribution in [0.3, 0.4) is 0 Å². The summed E-state index contributed by atoms with van der Waals surface area (Å²) in [4.78, 5) is 22.9. The van der Waals surface area contributed by atoms with Gasteiger partial charge in [-0.1, -0.05) is 18.2 Å². The van der Waals surface area contributed by atoms with E-state index < -0.39 is 0 Å². The van der Waals surface area contributed by atoms with Crippen molar-refractivity contribution in [3.63, 3.8) is 0 Å². The van der Waals surface area contributed by atoms with Gasteiger partial charge >= 0.3 is 0 Å². The zero-order valence-corrected chi connectivity index (χ0v) is 12.8. The van der Waals surface area contributed by atoms with E-state index in [1.54, 1.807) is 36.7 Å². The van der Waals surface area contributed by atoms with Crippen molar-refractivity contribution in [3.05, 3.63) is 54.1 Å². The quantitative estimate of drug-likeness (QED) is 0.939. The zero-order valence-electron chi connectivity index (χ0n) is 12.8. The summed E-state index contributed by atoms with van der Waals surface area (Å²) >= 11 is 0. The van der Waals surface area contributed by atoms with Gasteiger partial charge in [-0.2, -0.15) is 0 Å². The molecule has 0 bridgehead atoms. The molecule has 1 aliphatic rings.